The van der Waals surface area contributed by atoms with Crippen LogP contribution in [0.15, 0.2) is 48.5 Å². The maximum atomic E-state index is 6.34. The first-order valence-corrected chi connectivity index (χ1v) is 8.32. The fourth-order valence-electron chi connectivity index (χ4n) is 3.53. The molecule has 0 amide bonds. The van der Waals surface area contributed by atoms with E-state index in [1.807, 2.05) is 6.07 Å². The fraction of sp³-hybridized carbons (Fsp3) is 0.400. The zero-order valence-electron chi connectivity index (χ0n) is 14.0. The summed E-state index contributed by atoms with van der Waals surface area (Å²) in [5.74, 6) is 1.39. The molecule has 122 valence electrons. The van der Waals surface area contributed by atoms with Gasteiger partial charge in [0.05, 0.1) is 7.11 Å². The minimum Gasteiger partial charge on any atom is -0.497 e. The van der Waals surface area contributed by atoms with Crippen LogP contribution < -0.4 is 10.5 Å². The average molecular weight is 310 g/mol. The Balaban J connectivity index is 1.75. The number of methoxy groups -OCH3 is 1. The van der Waals surface area contributed by atoms with Gasteiger partial charge in [0.25, 0.3) is 0 Å². The summed E-state index contributed by atoms with van der Waals surface area (Å²) in [7, 11) is 1.72. The molecule has 3 nitrogen and oxygen atoms in total. The largest absolute Gasteiger partial charge is 0.497 e. The van der Waals surface area contributed by atoms with Gasteiger partial charge in [0, 0.05) is 25.7 Å². The van der Waals surface area contributed by atoms with Crippen LogP contribution in [0.3, 0.4) is 0 Å². The first-order valence-electron chi connectivity index (χ1n) is 8.32. The molecular formula is C20H26N2O. The fourth-order valence-corrected chi connectivity index (χ4v) is 3.53. The summed E-state index contributed by atoms with van der Waals surface area (Å²) < 4.78 is 5.37. The van der Waals surface area contributed by atoms with E-state index in [9.17, 15) is 0 Å². The second-order valence-corrected chi connectivity index (χ2v) is 6.59. The average Bonchev–Trinajstić information content (AvgIpc) is 2.56. The monoisotopic (exact) mass is 310 g/mol. The normalized spacial score (nSPS) is 22.0. The van der Waals surface area contributed by atoms with Gasteiger partial charge in [-0.05, 0) is 48.1 Å². The van der Waals surface area contributed by atoms with Crippen molar-refractivity contribution in [2.24, 2.45) is 5.73 Å². The first kappa shape index (κ1) is 16.0. The molecule has 1 fully saturated rings. The van der Waals surface area contributed by atoms with Crippen LogP contribution in [0, 0.1) is 6.92 Å². The SMILES string of the molecule is COc1cccc(C2CC(N)CN(Cc3ccccc3C)C2)c1. The number of nitrogens with zero attached hydrogens (tertiary/aromatic N) is 1. The molecule has 2 atom stereocenters. The van der Waals surface area contributed by atoms with E-state index in [0.717, 1.165) is 31.8 Å². The molecule has 3 heteroatoms. The van der Waals surface area contributed by atoms with Crippen LogP contribution in [0.25, 0.3) is 0 Å². The van der Waals surface area contributed by atoms with Gasteiger partial charge in [-0.3, -0.25) is 4.90 Å². The highest BCUT2D eigenvalue weighted by Gasteiger charge is 2.26. The maximum absolute atomic E-state index is 6.34. The Bertz CT molecular complexity index is 656. The van der Waals surface area contributed by atoms with Crippen LogP contribution in [-0.4, -0.2) is 31.1 Å². The smallest absolute Gasteiger partial charge is 0.119 e. The van der Waals surface area contributed by atoms with Crippen molar-refractivity contribution in [3.8, 4) is 5.75 Å². The summed E-state index contributed by atoms with van der Waals surface area (Å²) in [5, 5.41) is 0. The number of benzene rings is 2. The lowest BCUT2D eigenvalue weighted by molar-refractivity contribution is 0.181. The van der Waals surface area contributed by atoms with Crippen molar-refractivity contribution in [1.82, 2.24) is 4.90 Å². The Morgan fingerprint density at radius 2 is 1.96 bits per heavy atom. The van der Waals surface area contributed by atoms with E-state index < -0.39 is 0 Å². The van der Waals surface area contributed by atoms with Gasteiger partial charge in [0.15, 0.2) is 0 Å². The van der Waals surface area contributed by atoms with Gasteiger partial charge in [0.1, 0.15) is 5.75 Å². The zero-order valence-corrected chi connectivity index (χ0v) is 14.0. The Hall–Kier alpha value is -1.84. The molecule has 0 aliphatic carbocycles. The number of hydrogen-bond donors (Lipinski definition) is 1. The van der Waals surface area contributed by atoms with Gasteiger partial charge in [-0.15, -0.1) is 0 Å². The third-order valence-electron chi connectivity index (χ3n) is 4.78. The van der Waals surface area contributed by atoms with Crippen molar-refractivity contribution in [2.45, 2.75) is 31.8 Å². The van der Waals surface area contributed by atoms with Gasteiger partial charge in [0.2, 0.25) is 0 Å². The summed E-state index contributed by atoms with van der Waals surface area (Å²) in [6, 6.07) is 17.2. The summed E-state index contributed by atoms with van der Waals surface area (Å²) in [6.07, 6.45) is 1.04. The highest BCUT2D eigenvalue weighted by atomic mass is 16.5. The number of piperidine rings is 1. The molecule has 0 aromatic heterocycles. The third-order valence-corrected chi connectivity index (χ3v) is 4.78. The van der Waals surface area contributed by atoms with Gasteiger partial charge < -0.3 is 10.5 Å². The van der Waals surface area contributed by atoms with Crippen molar-refractivity contribution in [2.75, 3.05) is 20.2 Å². The minimum absolute atomic E-state index is 0.226. The van der Waals surface area contributed by atoms with E-state index in [-0.39, 0.29) is 6.04 Å². The molecular weight excluding hydrogens is 284 g/mol. The number of rotatable bonds is 4. The summed E-state index contributed by atoms with van der Waals surface area (Å²) in [4.78, 5) is 2.49. The lowest BCUT2D eigenvalue weighted by Crippen LogP contribution is -2.45. The molecule has 2 unspecified atom stereocenters. The van der Waals surface area contributed by atoms with E-state index in [1.165, 1.54) is 16.7 Å². The molecule has 0 saturated carbocycles. The van der Waals surface area contributed by atoms with E-state index in [1.54, 1.807) is 7.11 Å². The summed E-state index contributed by atoms with van der Waals surface area (Å²) in [6.45, 7) is 5.17. The number of hydrogen-bond acceptors (Lipinski definition) is 3. The summed E-state index contributed by atoms with van der Waals surface area (Å²) >= 11 is 0. The van der Waals surface area contributed by atoms with Crippen LogP contribution in [0.2, 0.25) is 0 Å². The number of aryl methyl sites for hydroxylation is 1. The standard InChI is InChI=1S/C20H26N2O/c1-15-6-3-4-7-17(15)12-22-13-18(10-19(21)14-22)16-8-5-9-20(11-16)23-2/h3-9,11,18-19H,10,12-14,21H2,1-2H3. The topological polar surface area (TPSA) is 38.5 Å². The lowest BCUT2D eigenvalue weighted by Gasteiger charge is -2.37. The van der Waals surface area contributed by atoms with Crippen LogP contribution in [-0.2, 0) is 6.54 Å². The first-order chi connectivity index (χ1) is 11.2. The van der Waals surface area contributed by atoms with E-state index in [0.29, 0.717) is 5.92 Å². The number of likely N-dealkylation sites (tertiary alicyclic amines) is 1. The van der Waals surface area contributed by atoms with Gasteiger partial charge >= 0.3 is 0 Å². The van der Waals surface area contributed by atoms with Crippen LogP contribution in [0.1, 0.15) is 29.0 Å². The summed E-state index contributed by atoms with van der Waals surface area (Å²) in [5.41, 5.74) is 10.4. The van der Waals surface area contributed by atoms with Crippen molar-refractivity contribution in [3.63, 3.8) is 0 Å². The zero-order chi connectivity index (χ0) is 16.2. The molecule has 0 bridgehead atoms. The molecule has 2 aromatic rings. The van der Waals surface area contributed by atoms with E-state index in [2.05, 4.69) is 54.3 Å². The molecule has 1 saturated heterocycles. The molecule has 0 radical (unpaired) electrons. The van der Waals surface area contributed by atoms with Crippen molar-refractivity contribution < 1.29 is 4.74 Å². The number of nitrogens with two attached hydrogens (primary N) is 1. The molecule has 2 aromatic carbocycles. The van der Waals surface area contributed by atoms with Crippen LogP contribution >= 0.6 is 0 Å². The van der Waals surface area contributed by atoms with E-state index in [4.69, 9.17) is 10.5 Å². The second-order valence-electron chi connectivity index (χ2n) is 6.59. The maximum Gasteiger partial charge on any atom is 0.119 e. The quantitative estimate of drug-likeness (QED) is 0.941. The minimum atomic E-state index is 0.226. The molecule has 0 spiro atoms. The predicted molar refractivity (Wildman–Crippen MR) is 94.8 cm³/mol. The van der Waals surface area contributed by atoms with Crippen LogP contribution in [0.4, 0.5) is 0 Å². The van der Waals surface area contributed by atoms with E-state index >= 15 is 0 Å². The Labute approximate surface area is 139 Å². The van der Waals surface area contributed by atoms with Crippen molar-refractivity contribution >= 4 is 0 Å². The Morgan fingerprint density at radius 1 is 1.13 bits per heavy atom. The highest BCUT2D eigenvalue weighted by molar-refractivity contribution is 5.32. The van der Waals surface area contributed by atoms with Crippen molar-refractivity contribution in [1.29, 1.82) is 0 Å². The lowest BCUT2D eigenvalue weighted by atomic mass is 9.88. The Morgan fingerprint density at radius 3 is 2.74 bits per heavy atom. The molecule has 3 rings (SSSR count). The van der Waals surface area contributed by atoms with Gasteiger partial charge in [-0.2, -0.15) is 0 Å². The third kappa shape index (κ3) is 3.92. The molecule has 1 aliphatic rings. The van der Waals surface area contributed by atoms with Crippen molar-refractivity contribution in [3.05, 3.63) is 65.2 Å². The molecule has 1 heterocycles. The van der Waals surface area contributed by atoms with Crippen LogP contribution in [0.5, 0.6) is 5.75 Å². The number of ether oxygens (including phenoxy) is 1. The molecule has 23 heavy (non-hydrogen) atoms. The molecule has 1 aliphatic heterocycles. The highest BCUT2D eigenvalue weighted by Crippen LogP contribution is 2.29. The molecule has 2 N–H and O–H groups in total. The Kier molecular flexibility index (Phi) is 4.99. The van der Waals surface area contributed by atoms with Gasteiger partial charge in [-0.25, -0.2) is 0 Å². The van der Waals surface area contributed by atoms with Gasteiger partial charge in [-0.1, -0.05) is 36.4 Å². The predicted octanol–water partition coefficient (Wildman–Crippen LogP) is 3.32. The second kappa shape index (κ2) is 7.16.